The number of nitrogens with one attached hydrogen (secondary N) is 1. The largest absolute Gasteiger partial charge is 0.478 e. The fourth-order valence-electron chi connectivity index (χ4n) is 1.92. The molecule has 0 spiro atoms. The first-order chi connectivity index (χ1) is 8.02. The Morgan fingerprint density at radius 2 is 2.06 bits per heavy atom. The van der Waals surface area contributed by atoms with Gasteiger partial charge in [-0.05, 0) is 19.9 Å². The number of hydrogen-bond acceptors (Lipinski definition) is 4. The van der Waals surface area contributed by atoms with Crippen LogP contribution in [0.25, 0.3) is 0 Å². The van der Waals surface area contributed by atoms with Gasteiger partial charge in [-0.1, -0.05) is 20.8 Å². The predicted octanol–water partition coefficient (Wildman–Crippen LogP) is 1.82. The normalized spacial score (nSPS) is 15.5. The van der Waals surface area contributed by atoms with Crippen molar-refractivity contribution in [3.63, 3.8) is 0 Å². The number of nitrogens with zero attached hydrogens (tertiary/aromatic N) is 2. The van der Waals surface area contributed by atoms with Gasteiger partial charge in [0, 0.05) is 17.5 Å². The summed E-state index contributed by atoms with van der Waals surface area (Å²) in [6, 6.07) is 0. The molecular formula is C13H21N3O. The van der Waals surface area contributed by atoms with Gasteiger partial charge in [0.1, 0.15) is 5.82 Å². The highest BCUT2D eigenvalue weighted by molar-refractivity contribution is 5.34. The molecule has 17 heavy (non-hydrogen) atoms. The smallest absolute Gasteiger partial charge is 0.220 e. The van der Waals surface area contributed by atoms with Gasteiger partial charge in [0.25, 0.3) is 0 Å². The van der Waals surface area contributed by atoms with Crippen molar-refractivity contribution in [3.05, 3.63) is 17.1 Å². The Hall–Kier alpha value is -1.16. The molecule has 0 aromatic carbocycles. The molecule has 0 bridgehead atoms. The molecule has 0 fully saturated rings. The van der Waals surface area contributed by atoms with E-state index in [0.717, 1.165) is 36.9 Å². The quantitative estimate of drug-likeness (QED) is 0.849. The van der Waals surface area contributed by atoms with Crippen LogP contribution < -0.4 is 10.1 Å². The zero-order valence-electron chi connectivity index (χ0n) is 11.1. The van der Waals surface area contributed by atoms with E-state index in [4.69, 9.17) is 4.74 Å². The van der Waals surface area contributed by atoms with Crippen molar-refractivity contribution in [3.8, 4) is 5.88 Å². The van der Waals surface area contributed by atoms with Gasteiger partial charge in [0.05, 0.1) is 12.3 Å². The van der Waals surface area contributed by atoms with E-state index in [9.17, 15) is 0 Å². The van der Waals surface area contributed by atoms with Gasteiger partial charge in [-0.25, -0.2) is 4.98 Å². The molecular weight excluding hydrogens is 214 g/mol. The number of aromatic nitrogens is 2. The Balaban J connectivity index is 2.48. The maximum atomic E-state index is 5.66. The lowest BCUT2D eigenvalue weighted by Gasteiger charge is -2.23. The van der Waals surface area contributed by atoms with Crippen molar-refractivity contribution in [1.29, 1.82) is 0 Å². The Morgan fingerprint density at radius 1 is 1.29 bits per heavy atom. The van der Waals surface area contributed by atoms with Gasteiger partial charge < -0.3 is 10.1 Å². The van der Waals surface area contributed by atoms with E-state index in [0.29, 0.717) is 6.61 Å². The van der Waals surface area contributed by atoms with Crippen molar-refractivity contribution in [1.82, 2.24) is 15.3 Å². The second-order valence-corrected chi connectivity index (χ2v) is 5.39. The van der Waals surface area contributed by atoms with Crippen LogP contribution in [0.15, 0.2) is 0 Å². The average molecular weight is 235 g/mol. The van der Waals surface area contributed by atoms with Crippen LogP contribution >= 0.6 is 0 Å². The first-order valence-electron chi connectivity index (χ1n) is 6.26. The topological polar surface area (TPSA) is 47.0 Å². The summed E-state index contributed by atoms with van der Waals surface area (Å²) < 4.78 is 5.66. The summed E-state index contributed by atoms with van der Waals surface area (Å²) in [5.74, 6) is 1.65. The van der Waals surface area contributed by atoms with Crippen molar-refractivity contribution >= 4 is 0 Å². The van der Waals surface area contributed by atoms with Gasteiger partial charge in [-0.2, -0.15) is 4.98 Å². The first kappa shape index (κ1) is 12.3. The van der Waals surface area contributed by atoms with E-state index in [1.165, 1.54) is 5.56 Å². The lowest BCUT2D eigenvalue weighted by Crippen LogP contribution is -2.28. The Labute approximate surface area is 103 Å². The summed E-state index contributed by atoms with van der Waals surface area (Å²) in [6.07, 6.45) is 0.953. The summed E-state index contributed by atoms with van der Waals surface area (Å²) in [7, 11) is 0. The van der Waals surface area contributed by atoms with E-state index in [-0.39, 0.29) is 5.41 Å². The summed E-state index contributed by atoms with van der Waals surface area (Å²) in [5, 5.41) is 3.34. The highest BCUT2D eigenvalue weighted by atomic mass is 16.5. The maximum absolute atomic E-state index is 5.66. The zero-order valence-corrected chi connectivity index (χ0v) is 11.1. The molecule has 0 saturated heterocycles. The van der Waals surface area contributed by atoms with Crippen molar-refractivity contribution in [2.45, 2.75) is 46.1 Å². The Kier molecular flexibility index (Phi) is 3.33. The van der Waals surface area contributed by atoms with E-state index < -0.39 is 0 Å². The average Bonchev–Trinajstić information content (AvgIpc) is 2.28. The number of ether oxygens (including phenoxy) is 1. The number of fused-ring (bicyclic) bond motifs is 1. The standard InChI is InChI=1S/C13H21N3O/c1-5-17-11-9-6-7-14-8-10(9)15-12(16-11)13(2,3)4/h14H,5-8H2,1-4H3. The first-order valence-corrected chi connectivity index (χ1v) is 6.26. The van der Waals surface area contributed by atoms with Crippen molar-refractivity contribution < 1.29 is 4.74 Å². The zero-order chi connectivity index (χ0) is 12.5. The molecule has 1 aromatic rings. The molecule has 0 amide bonds. The van der Waals surface area contributed by atoms with Crippen LogP contribution in [0.2, 0.25) is 0 Å². The molecule has 2 rings (SSSR count). The van der Waals surface area contributed by atoms with Gasteiger partial charge in [-0.3, -0.25) is 0 Å². The second-order valence-electron chi connectivity index (χ2n) is 5.39. The van der Waals surface area contributed by atoms with Gasteiger partial charge in [0.2, 0.25) is 5.88 Å². The number of rotatable bonds is 2. The highest BCUT2D eigenvalue weighted by Gasteiger charge is 2.24. The van der Waals surface area contributed by atoms with E-state index in [2.05, 4.69) is 36.1 Å². The highest BCUT2D eigenvalue weighted by Crippen LogP contribution is 2.27. The third kappa shape index (κ3) is 2.57. The molecule has 1 aliphatic heterocycles. The van der Waals surface area contributed by atoms with Crippen molar-refractivity contribution in [2.75, 3.05) is 13.2 Å². The molecule has 4 heteroatoms. The Bertz CT molecular complexity index is 410. The SMILES string of the molecule is CCOc1nc(C(C)(C)C)nc2c1CCNC2. The van der Waals surface area contributed by atoms with Gasteiger partial charge in [0.15, 0.2) is 0 Å². The fourth-order valence-corrected chi connectivity index (χ4v) is 1.92. The predicted molar refractivity (Wildman–Crippen MR) is 67.3 cm³/mol. The molecule has 0 radical (unpaired) electrons. The molecule has 0 atom stereocenters. The molecule has 2 heterocycles. The molecule has 0 unspecified atom stereocenters. The minimum absolute atomic E-state index is 0.0433. The lowest BCUT2D eigenvalue weighted by atomic mass is 9.95. The van der Waals surface area contributed by atoms with Crippen molar-refractivity contribution in [2.24, 2.45) is 0 Å². The minimum Gasteiger partial charge on any atom is -0.478 e. The van der Waals surface area contributed by atoms with Crippen LogP contribution in [0, 0.1) is 0 Å². The molecule has 0 saturated carbocycles. The van der Waals surface area contributed by atoms with E-state index in [1.54, 1.807) is 0 Å². The molecule has 1 N–H and O–H groups in total. The molecule has 94 valence electrons. The third-order valence-corrected chi connectivity index (χ3v) is 2.85. The third-order valence-electron chi connectivity index (χ3n) is 2.85. The molecule has 1 aromatic heterocycles. The summed E-state index contributed by atoms with van der Waals surface area (Å²) in [6.45, 7) is 10.8. The second kappa shape index (κ2) is 4.61. The fraction of sp³-hybridized carbons (Fsp3) is 0.692. The van der Waals surface area contributed by atoms with Crippen LogP contribution in [0.1, 0.15) is 44.8 Å². The maximum Gasteiger partial charge on any atom is 0.220 e. The Morgan fingerprint density at radius 3 is 2.71 bits per heavy atom. The summed E-state index contributed by atoms with van der Waals surface area (Å²) in [4.78, 5) is 9.26. The molecule has 0 aliphatic carbocycles. The van der Waals surface area contributed by atoms with Crippen LogP contribution in [0.3, 0.4) is 0 Å². The molecule has 1 aliphatic rings. The van der Waals surface area contributed by atoms with E-state index >= 15 is 0 Å². The van der Waals surface area contributed by atoms with E-state index in [1.807, 2.05) is 6.92 Å². The minimum atomic E-state index is -0.0433. The van der Waals surface area contributed by atoms with Crippen LogP contribution in [0.4, 0.5) is 0 Å². The van der Waals surface area contributed by atoms with Crippen LogP contribution in [-0.2, 0) is 18.4 Å². The van der Waals surface area contributed by atoms with Gasteiger partial charge in [-0.15, -0.1) is 0 Å². The van der Waals surface area contributed by atoms with Crippen LogP contribution in [-0.4, -0.2) is 23.1 Å². The van der Waals surface area contributed by atoms with Crippen LogP contribution in [0.5, 0.6) is 5.88 Å². The molecule has 4 nitrogen and oxygen atoms in total. The van der Waals surface area contributed by atoms with Gasteiger partial charge >= 0.3 is 0 Å². The number of hydrogen-bond donors (Lipinski definition) is 1. The summed E-state index contributed by atoms with van der Waals surface area (Å²) >= 11 is 0. The lowest BCUT2D eigenvalue weighted by molar-refractivity contribution is 0.314. The monoisotopic (exact) mass is 235 g/mol. The summed E-state index contributed by atoms with van der Waals surface area (Å²) in [5.41, 5.74) is 2.23.